The van der Waals surface area contributed by atoms with E-state index in [9.17, 15) is 5.11 Å². The normalized spacial score (nSPS) is 19.1. The van der Waals surface area contributed by atoms with E-state index in [2.05, 4.69) is 43.0 Å². The summed E-state index contributed by atoms with van der Waals surface area (Å²) in [6.45, 7) is 7.51. The maximum absolute atomic E-state index is 10.4. The molecule has 1 aliphatic rings. The van der Waals surface area contributed by atoms with E-state index in [0.717, 1.165) is 37.5 Å². The first-order valence-corrected chi connectivity index (χ1v) is 8.22. The molecule has 1 aromatic rings. The Bertz CT molecular complexity index is 379. The average molecular weight is 275 g/mol. The van der Waals surface area contributed by atoms with Gasteiger partial charge in [0.15, 0.2) is 0 Å². The molecule has 1 fully saturated rings. The van der Waals surface area contributed by atoms with Crippen LogP contribution in [0.5, 0.6) is 0 Å². The minimum Gasteiger partial charge on any atom is -0.387 e. The largest absolute Gasteiger partial charge is 0.387 e. The molecule has 2 nitrogen and oxygen atoms in total. The lowest BCUT2D eigenvalue weighted by molar-refractivity contribution is 0.0879. The summed E-state index contributed by atoms with van der Waals surface area (Å²) in [5.74, 6) is 0.914. The zero-order chi connectivity index (χ0) is 14.4. The summed E-state index contributed by atoms with van der Waals surface area (Å²) in [7, 11) is 0. The highest BCUT2D eigenvalue weighted by Crippen LogP contribution is 2.23. The van der Waals surface area contributed by atoms with Gasteiger partial charge in [-0.25, -0.2) is 0 Å². The minimum atomic E-state index is -0.344. The number of rotatable bonds is 6. The molecule has 1 heterocycles. The third kappa shape index (κ3) is 4.32. The molecule has 1 N–H and O–H groups in total. The summed E-state index contributed by atoms with van der Waals surface area (Å²) in [5, 5.41) is 10.4. The smallest absolute Gasteiger partial charge is 0.0916 e. The fourth-order valence-electron chi connectivity index (χ4n) is 3.19. The predicted molar refractivity (Wildman–Crippen MR) is 84.9 cm³/mol. The number of aryl methyl sites for hydroxylation is 1. The molecule has 0 radical (unpaired) electrons. The van der Waals surface area contributed by atoms with Crippen LogP contribution in [0.3, 0.4) is 0 Å². The van der Waals surface area contributed by atoms with Crippen LogP contribution in [0.15, 0.2) is 24.3 Å². The number of β-amino-alcohol motifs (C(OH)–C–C–N with tert-alkyl or cyclic N) is 1. The number of benzene rings is 1. The van der Waals surface area contributed by atoms with E-state index in [1.165, 1.54) is 31.2 Å². The van der Waals surface area contributed by atoms with Gasteiger partial charge in [-0.3, -0.25) is 0 Å². The van der Waals surface area contributed by atoms with Gasteiger partial charge in [-0.05, 0) is 49.4 Å². The van der Waals surface area contributed by atoms with Gasteiger partial charge >= 0.3 is 0 Å². The van der Waals surface area contributed by atoms with Crippen molar-refractivity contribution in [1.29, 1.82) is 0 Å². The molecule has 0 aromatic heterocycles. The van der Waals surface area contributed by atoms with Gasteiger partial charge in [-0.2, -0.15) is 0 Å². The van der Waals surface area contributed by atoms with Gasteiger partial charge in [-0.15, -0.1) is 0 Å². The summed E-state index contributed by atoms with van der Waals surface area (Å²) in [6.07, 6.45) is 5.99. The zero-order valence-electron chi connectivity index (χ0n) is 13.0. The molecule has 20 heavy (non-hydrogen) atoms. The van der Waals surface area contributed by atoms with Crippen molar-refractivity contribution in [3.05, 3.63) is 35.4 Å². The molecule has 2 rings (SSSR count). The molecule has 0 amide bonds. The molecule has 1 unspecified atom stereocenters. The molecule has 1 saturated heterocycles. The van der Waals surface area contributed by atoms with Crippen LogP contribution < -0.4 is 0 Å². The second-order valence-electron chi connectivity index (χ2n) is 6.14. The van der Waals surface area contributed by atoms with Crippen LogP contribution in [0.4, 0.5) is 0 Å². The van der Waals surface area contributed by atoms with Gasteiger partial charge in [0.1, 0.15) is 0 Å². The number of piperidine rings is 1. The maximum atomic E-state index is 10.4. The molecular weight excluding hydrogens is 246 g/mol. The third-order valence-electron chi connectivity index (χ3n) is 4.61. The summed E-state index contributed by atoms with van der Waals surface area (Å²) in [5.41, 5.74) is 2.39. The second-order valence-corrected chi connectivity index (χ2v) is 6.14. The monoisotopic (exact) mass is 275 g/mol. The average Bonchev–Trinajstić information content (AvgIpc) is 2.49. The van der Waals surface area contributed by atoms with Crippen molar-refractivity contribution in [2.75, 3.05) is 19.6 Å². The Labute approximate surface area is 123 Å². The molecule has 1 aromatic carbocycles. The quantitative estimate of drug-likeness (QED) is 0.853. The summed E-state index contributed by atoms with van der Waals surface area (Å²) in [6, 6.07) is 8.42. The fourth-order valence-corrected chi connectivity index (χ4v) is 3.19. The topological polar surface area (TPSA) is 23.5 Å². The Morgan fingerprint density at radius 2 is 1.80 bits per heavy atom. The lowest BCUT2D eigenvalue weighted by atomic mass is 9.92. The second kappa shape index (κ2) is 7.80. The van der Waals surface area contributed by atoms with Gasteiger partial charge in [-0.1, -0.05) is 51.0 Å². The Balaban J connectivity index is 1.81. The van der Waals surface area contributed by atoms with Crippen molar-refractivity contribution in [3.63, 3.8) is 0 Å². The van der Waals surface area contributed by atoms with Crippen LogP contribution in [0.25, 0.3) is 0 Å². The first-order valence-electron chi connectivity index (χ1n) is 8.22. The zero-order valence-corrected chi connectivity index (χ0v) is 13.0. The van der Waals surface area contributed by atoms with E-state index in [4.69, 9.17) is 0 Å². The van der Waals surface area contributed by atoms with Crippen molar-refractivity contribution in [1.82, 2.24) is 4.90 Å². The highest BCUT2D eigenvalue weighted by atomic mass is 16.3. The van der Waals surface area contributed by atoms with E-state index in [0.29, 0.717) is 0 Å². The Kier molecular flexibility index (Phi) is 6.06. The molecule has 112 valence electrons. The van der Waals surface area contributed by atoms with Crippen molar-refractivity contribution in [2.24, 2.45) is 5.92 Å². The number of nitrogens with zero attached hydrogens (tertiary/aromatic N) is 1. The molecule has 0 saturated carbocycles. The van der Waals surface area contributed by atoms with Gasteiger partial charge < -0.3 is 10.0 Å². The molecule has 2 heteroatoms. The molecule has 0 aliphatic carbocycles. The first kappa shape index (κ1) is 15.5. The number of likely N-dealkylation sites (tertiary alicyclic amines) is 1. The highest BCUT2D eigenvalue weighted by molar-refractivity contribution is 5.24. The van der Waals surface area contributed by atoms with Crippen LogP contribution in [-0.2, 0) is 6.42 Å². The van der Waals surface area contributed by atoms with Crippen molar-refractivity contribution >= 4 is 0 Å². The first-order chi connectivity index (χ1) is 9.72. The van der Waals surface area contributed by atoms with Crippen molar-refractivity contribution < 1.29 is 5.11 Å². The van der Waals surface area contributed by atoms with Crippen LogP contribution in [0, 0.1) is 5.92 Å². The SMILES string of the molecule is CCCC1CCN(CC(O)c2ccc(CC)cc2)CC1. The van der Waals surface area contributed by atoms with Gasteiger partial charge in [0.05, 0.1) is 6.10 Å². The maximum Gasteiger partial charge on any atom is 0.0916 e. The van der Waals surface area contributed by atoms with Gasteiger partial charge in [0.2, 0.25) is 0 Å². The number of aliphatic hydroxyl groups excluding tert-OH is 1. The van der Waals surface area contributed by atoms with Gasteiger partial charge in [0, 0.05) is 6.54 Å². The van der Waals surface area contributed by atoms with Crippen LogP contribution >= 0.6 is 0 Å². The van der Waals surface area contributed by atoms with Crippen molar-refractivity contribution in [3.8, 4) is 0 Å². The highest BCUT2D eigenvalue weighted by Gasteiger charge is 2.20. The van der Waals surface area contributed by atoms with Crippen molar-refractivity contribution in [2.45, 2.75) is 52.1 Å². The number of hydrogen-bond donors (Lipinski definition) is 1. The lowest BCUT2D eigenvalue weighted by Crippen LogP contribution is -2.36. The van der Waals surface area contributed by atoms with Crippen LogP contribution in [0.2, 0.25) is 0 Å². The number of hydrogen-bond acceptors (Lipinski definition) is 2. The molecule has 1 aliphatic heterocycles. The van der Waals surface area contributed by atoms with E-state index in [1.807, 2.05) is 0 Å². The van der Waals surface area contributed by atoms with E-state index < -0.39 is 0 Å². The van der Waals surface area contributed by atoms with E-state index in [1.54, 1.807) is 0 Å². The molecule has 0 spiro atoms. The number of aliphatic hydroxyl groups is 1. The fraction of sp³-hybridized carbons (Fsp3) is 0.667. The van der Waals surface area contributed by atoms with Crippen LogP contribution in [-0.4, -0.2) is 29.6 Å². The lowest BCUT2D eigenvalue weighted by Gasteiger charge is -2.33. The standard InChI is InChI=1S/C18H29NO/c1-3-5-16-10-12-19(13-11-16)14-18(20)17-8-6-15(4-2)7-9-17/h6-9,16,18,20H,3-5,10-14H2,1-2H3. The summed E-state index contributed by atoms with van der Waals surface area (Å²) in [4.78, 5) is 2.42. The van der Waals surface area contributed by atoms with E-state index in [-0.39, 0.29) is 6.10 Å². The minimum absolute atomic E-state index is 0.344. The van der Waals surface area contributed by atoms with E-state index >= 15 is 0 Å². The summed E-state index contributed by atoms with van der Waals surface area (Å²) >= 11 is 0. The Hall–Kier alpha value is -0.860. The Morgan fingerprint density at radius 1 is 1.15 bits per heavy atom. The summed E-state index contributed by atoms with van der Waals surface area (Å²) < 4.78 is 0. The van der Waals surface area contributed by atoms with Crippen LogP contribution in [0.1, 0.15) is 56.8 Å². The molecule has 0 bridgehead atoms. The molecule has 1 atom stereocenters. The van der Waals surface area contributed by atoms with Gasteiger partial charge in [0.25, 0.3) is 0 Å². The molecular formula is C18H29NO. The third-order valence-corrected chi connectivity index (χ3v) is 4.61. The predicted octanol–water partition coefficient (Wildman–Crippen LogP) is 3.79. The Morgan fingerprint density at radius 3 is 2.35 bits per heavy atom.